The number of nitrogens with one attached hydrogen (secondary N) is 1. The quantitative estimate of drug-likeness (QED) is 0.368. The molecule has 24 heavy (non-hydrogen) atoms. The molecule has 0 saturated carbocycles. The van der Waals surface area contributed by atoms with Gasteiger partial charge < -0.3 is 10.7 Å². The van der Waals surface area contributed by atoms with Crippen molar-refractivity contribution >= 4 is 5.78 Å². The summed E-state index contributed by atoms with van der Waals surface area (Å²) < 4.78 is 0. The maximum absolute atomic E-state index is 11.9. The number of benzene rings is 1. The lowest BCUT2D eigenvalue weighted by atomic mass is 10.1. The predicted molar refractivity (Wildman–Crippen MR) is 101 cm³/mol. The Bertz CT molecular complexity index is 557. The van der Waals surface area contributed by atoms with Gasteiger partial charge in [-0.15, -0.1) is 0 Å². The molecule has 0 radical (unpaired) electrons. The number of ketones is 1. The van der Waals surface area contributed by atoms with E-state index in [0.29, 0.717) is 12.2 Å². The highest BCUT2D eigenvalue weighted by atomic mass is 16.1. The Morgan fingerprint density at radius 1 is 1.29 bits per heavy atom. The number of carbonyl (C=O) groups is 1. The number of allylic oxidation sites excluding steroid dienone is 3. The lowest BCUT2D eigenvalue weighted by Gasteiger charge is -2.27. The van der Waals surface area contributed by atoms with E-state index >= 15 is 0 Å². The van der Waals surface area contributed by atoms with Crippen LogP contribution in [0, 0.1) is 6.92 Å². The second-order valence-electron chi connectivity index (χ2n) is 6.28. The van der Waals surface area contributed by atoms with Crippen LogP contribution < -0.4 is 11.2 Å². The van der Waals surface area contributed by atoms with E-state index in [9.17, 15) is 4.79 Å². The van der Waals surface area contributed by atoms with Gasteiger partial charge in [0.2, 0.25) is 0 Å². The number of hydrazine groups is 1. The molecule has 0 spiro atoms. The van der Waals surface area contributed by atoms with Gasteiger partial charge in [-0.05, 0) is 31.9 Å². The molecule has 0 fully saturated rings. The van der Waals surface area contributed by atoms with E-state index in [-0.39, 0.29) is 12.2 Å². The SMILES string of the molecule is C=C(CC(=O)/C=C(/C)N)N(CCCCC)NCc1ccc(C)cc1. The van der Waals surface area contributed by atoms with Crippen molar-refractivity contribution in [3.8, 4) is 0 Å². The summed E-state index contributed by atoms with van der Waals surface area (Å²) in [6, 6.07) is 8.43. The van der Waals surface area contributed by atoms with Crippen LogP contribution in [0.1, 0.15) is 50.7 Å². The van der Waals surface area contributed by atoms with Crippen LogP contribution in [-0.4, -0.2) is 17.3 Å². The molecular weight excluding hydrogens is 298 g/mol. The lowest BCUT2D eigenvalue weighted by Crippen LogP contribution is -2.37. The molecule has 1 rings (SSSR count). The molecule has 4 nitrogen and oxygen atoms in total. The van der Waals surface area contributed by atoms with E-state index in [1.165, 1.54) is 17.2 Å². The molecule has 0 amide bonds. The van der Waals surface area contributed by atoms with Gasteiger partial charge in [0, 0.05) is 24.5 Å². The Labute approximate surface area is 146 Å². The normalized spacial score (nSPS) is 11.4. The summed E-state index contributed by atoms with van der Waals surface area (Å²) in [6.07, 6.45) is 5.13. The topological polar surface area (TPSA) is 58.4 Å². The van der Waals surface area contributed by atoms with E-state index in [0.717, 1.165) is 31.5 Å². The second kappa shape index (κ2) is 10.7. The average molecular weight is 329 g/mol. The van der Waals surface area contributed by atoms with Gasteiger partial charge in [-0.3, -0.25) is 4.79 Å². The molecule has 1 aromatic carbocycles. The molecule has 0 heterocycles. The first-order chi connectivity index (χ1) is 11.4. The number of nitrogens with zero attached hydrogens (tertiary/aromatic N) is 1. The van der Waals surface area contributed by atoms with Crippen LogP contribution in [0.3, 0.4) is 0 Å². The maximum atomic E-state index is 11.9. The van der Waals surface area contributed by atoms with Crippen molar-refractivity contribution in [2.45, 2.75) is 53.0 Å². The summed E-state index contributed by atoms with van der Waals surface area (Å²) in [7, 11) is 0. The van der Waals surface area contributed by atoms with Crippen molar-refractivity contribution < 1.29 is 4.79 Å². The first kappa shape index (κ1) is 20.0. The molecule has 0 atom stereocenters. The summed E-state index contributed by atoms with van der Waals surface area (Å²) in [4.78, 5) is 11.9. The van der Waals surface area contributed by atoms with Gasteiger partial charge >= 0.3 is 0 Å². The molecule has 0 bridgehead atoms. The van der Waals surface area contributed by atoms with Crippen LogP contribution in [0.5, 0.6) is 0 Å². The first-order valence-electron chi connectivity index (χ1n) is 8.63. The summed E-state index contributed by atoms with van der Waals surface area (Å²) in [5, 5.41) is 2.01. The van der Waals surface area contributed by atoms with Crippen LogP contribution in [0.4, 0.5) is 0 Å². The fourth-order valence-corrected chi connectivity index (χ4v) is 2.36. The molecule has 132 valence electrons. The minimum atomic E-state index is -0.0161. The van der Waals surface area contributed by atoms with Crippen LogP contribution in [0.15, 0.2) is 48.3 Å². The zero-order valence-electron chi connectivity index (χ0n) is 15.3. The van der Waals surface area contributed by atoms with E-state index in [4.69, 9.17) is 5.73 Å². The van der Waals surface area contributed by atoms with Gasteiger partial charge in [-0.1, -0.05) is 56.2 Å². The molecule has 4 heteroatoms. The summed E-state index contributed by atoms with van der Waals surface area (Å²) in [5.41, 5.74) is 12.7. The molecule has 0 unspecified atom stereocenters. The number of hydrogen-bond acceptors (Lipinski definition) is 4. The minimum Gasteiger partial charge on any atom is -0.402 e. The lowest BCUT2D eigenvalue weighted by molar-refractivity contribution is -0.114. The van der Waals surface area contributed by atoms with Gasteiger partial charge in [0.15, 0.2) is 5.78 Å². The number of nitrogens with two attached hydrogens (primary N) is 1. The zero-order valence-corrected chi connectivity index (χ0v) is 15.3. The number of aryl methyl sites for hydroxylation is 1. The van der Waals surface area contributed by atoms with Gasteiger partial charge in [0.25, 0.3) is 0 Å². The Morgan fingerprint density at radius 2 is 1.96 bits per heavy atom. The highest BCUT2D eigenvalue weighted by Gasteiger charge is 2.10. The molecular formula is C20H31N3O. The minimum absolute atomic E-state index is 0.0161. The van der Waals surface area contributed by atoms with E-state index in [2.05, 4.69) is 50.1 Å². The maximum Gasteiger partial charge on any atom is 0.163 e. The molecule has 0 aromatic heterocycles. The number of hydrogen-bond donors (Lipinski definition) is 2. The van der Waals surface area contributed by atoms with Crippen molar-refractivity contribution in [1.82, 2.24) is 10.4 Å². The second-order valence-corrected chi connectivity index (χ2v) is 6.28. The average Bonchev–Trinajstić information content (AvgIpc) is 2.51. The molecule has 0 aliphatic rings. The molecule has 0 aliphatic heterocycles. The Balaban J connectivity index is 2.64. The predicted octanol–water partition coefficient (Wildman–Crippen LogP) is 3.83. The first-order valence-corrected chi connectivity index (χ1v) is 8.63. The smallest absolute Gasteiger partial charge is 0.163 e. The fraction of sp³-hybridized carbons (Fsp3) is 0.450. The van der Waals surface area contributed by atoms with E-state index < -0.39 is 0 Å². The van der Waals surface area contributed by atoms with Crippen LogP contribution in [0.2, 0.25) is 0 Å². The molecule has 0 saturated heterocycles. The summed E-state index contributed by atoms with van der Waals surface area (Å²) in [6.45, 7) is 11.6. The van der Waals surface area contributed by atoms with Crippen molar-refractivity contribution in [2.24, 2.45) is 5.73 Å². The third-order valence-corrected chi connectivity index (χ3v) is 3.73. The molecule has 0 aliphatic carbocycles. The monoisotopic (exact) mass is 329 g/mol. The summed E-state index contributed by atoms with van der Waals surface area (Å²) >= 11 is 0. The van der Waals surface area contributed by atoms with Gasteiger partial charge in [-0.25, -0.2) is 5.43 Å². The van der Waals surface area contributed by atoms with Gasteiger partial charge in [0.1, 0.15) is 0 Å². The Hall–Kier alpha value is -2.07. The van der Waals surface area contributed by atoms with Crippen molar-refractivity contribution in [3.63, 3.8) is 0 Å². The van der Waals surface area contributed by atoms with Gasteiger partial charge in [-0.2, -0.15) is 0 Å². The van der Waals surface area contributed by atoms with Crippen molar-refractivity contribution in [1.29, 1.82) is 0 Å². The number of carbonyl (C=O) groups excluding carboxylic acids is 1. The van der Waals surface area contributed by atoms with E-state index in [1.807, 2.05) is 5.01 Å². The van der Waals surface area contributed by atoms with Crippen LogP contribution in [0.25, 0.3) is 0 Å². The third kappa shape index (κ3) is 7.97. The highest BCUT2D eigenvalue weighted by Crippen LogP contribution is 2.10. The largest absolute Gasteiger partial charge is 0.402 e. The standard InChI is InChI=1S/C20H31N3O/c1-5-6-7-12-23(18(4)14-20(24)13-17(3)21)22-15-19-10-8-16(2)9-11-19/h8-11,13,22H,4-7,12,14-15,21H2,1-3H3/b17-13-. The number of rotatable bonds is 11. The van der Waals surface area contributed by atoms with Crippen molar-refractivity contribution in [3.05, 3.63) is 59.4 Å². The van der Waals surface area contributed by atoms with Crippen LogP contribution >= 0.6 is 0 Å². The summed E-state index contributed by atoms with van der Waals surface area (Å²) in [5.74, 6) is -0.0161. The van der Waals surface area contributed by atoms with E-state index in [1.54, 1.807) is 6.92 Å². The van der Waals surface area contributed by atoms with Crippen molar-refractivity contribution in [2.75, 3.05) is 6.54 Å². The Morgan fingerprint density at radius 3 is 2.54 bits per heavy atom. The third-order valence-electron chi connectivity index (χ3n) is 3.73. The van der Waals surface area contributed by atoms with Gasteiger partial charge in [0.05, 0.1) is 6.42 Å². The molecule has 1 aromatic rings. The van der Waals surface area contributed by atoms with Crippen LogP contribution in [-0.2, 0) is 11.3 Å². The molecule has 3 N–H and O–H groups in total. The fourth-order valence-electron chi connectivity index (χ4n) is 2.36. The zero-order chi connectivity index (χ0) is 17.9. The highest BCUT2D eigenvalue weighted by molar-refractivity contribution is 5.91. The number of unbranched alkanes of at least 4 members (excludes halogenated alkanes) is 2. The Kier molecular flexibility index (Phi) is 8.87.